The first-order valence-corrected chi connectivity index (χ1v) is 9.95. The summed E-state index contributed by atoms with van der Waals surface area (Å²) in [5.74, 6) is -3.02. The van der Waals surface area contributed by atoms with E-state index >= 15 is 0 Å². The van der Waals surface area contributed by atoms with E-state index in [9.17, 15) is 32.9 Å². The first-order valence-electron chi connectivity index (χ1n) is 8.82. The average molecular weight is 554 g/mol. The second-order valence-electron chi connectivity index (χ2n) is 6.26. The molecule has 1 heterocycles. The van der Waals surface area contributed by atoms with Gasteiger partial charge in [-0.3, -0.25) is 10.1 Å². The number of ether oxygens (including phenoxy) is 1. The number of rotatable bonds is 5. The molecule has 15 heteroatoms. The minimum atomic E-state index is -4.58. The van der Waals surface area contributed by atoms with Crippen molar-refractivity contribution in [2.45, 2.75) is 6.18 Å². The number of aromatic carboxylic acids is 2. The average Bonchev–Trinajstić information content (AvgIpc) is 2.76. The Balaban J connectivity index is 0.000000328. The standard InChI is InChI=1S/C14H7ClF3NO5.C6H3Cl2NO2/c15-10-5-7(14(16,17)18)1-4-12(10)24-8-2-3-11(19(22)23)9(6-8)13(20)21;7-3-1-2-4(8)9-5(3)6(10)11/h1-6H,(H,20,21);1-2H,(H,10,11). The monoisotopic (exact) mass is 552 g/mol. The molecule has 184 valence electrons. The largest absolute Gasteiger partial charge is 0.477 e. The number of carbonyl (C=O) groups is 2. The highest BCUT2D eigenvalue weighted by atomic mass is 35.5. The third-order valence-corrected chi connectivity index (χ3v) is 4.71. The lowest BCUT2D eigenvalue weighted by Gasteiger charge is -2.11. The molecule has 0 amide bonds. The highest BCUT2D eigenvalue weighted by molar-refractivity contribution is 6.34. The molecule has 35 heavy (non-hydrogen) atoms. The van der Waals surface area contributed by atoms with Gasteiger partial charge in [0, 0.05) is 12.1 Å². The van der Waals surface area contributed by atoms with E-state index in [4.69, 9.17) is 49.8 Å². The van der Waals surface area contributed by atoms with Crippen LogP contribution in [0.2, 0.25) is 15.2 Å². The maximum absolute atomic E-state index is 12.6. The summed E-state index contributed by atoms with van der Waals surface area (Å²) in [5, 5.41) is 28.1. The van der Waals surface area contributed by atoms with Gasteiger partial charge in [0.2, 0.25) is 0 Å². The van der Waals surface area contributed by atoms with Crippen molar-refractivity contribution in [3.05, 3.63) is 90.7 Å². The van der Waals surface area contributed by atoms with Crippen molar-refractivity contribution in [2.24, 2.45) is 0 Å². The van der Waals surface area contributed by atoms with Crippen LogP contribution >= 0.6 is 34.8 Å². The zero-order valence-corrected chi connectivity index (χ0v) is 19.0. The molecule has 0 fully saturated rings. The number of nitro groups is 1. The first kappa shape index (κ1) is 27.6. The van der Waals surface area contributed by atoms with Crippen LogP contribution in [0.1, 0.15) is 26.4 Å². The van der Waals surface area contributed by atoms with Crippen molar-refractivity contribution in [3.8, 4) is 11.5 Å². The first-order chi connectivity index (χ1) is 16.2. The predicted molar refractivity (Wildman–Crippen MR) is 118 cm³/mol. The molecule has 3 rings (SSSR count). The van der Waals surface area contributed by atoms with Gasteiger partial charge in [-0.05, 0) is 36.4 Å². The van der Waals surface area contributed by atoms with E-state index in [0.717, 1.165) is 30.3 Å². The molecule has 0 bridgehead atoms. The molecule has 2 N–H and O–H groups in total. The van der Waals surface area contributed by atoms with Crippen LogP contribution < -0.4 is 4.74 Å². The van der Waals surface area contributed by atoms with Gasteiger partial charge in [0.1, 0.15) is 22.2 Å². The van der Waals surface area contributed by atoms with Gasteiger partial charge >= 0.3 is 18.1 Å². The van der Waals surface area contributed by atoms with Gasteiger partial charge in [0.15, 0.2) is 5.69 Å². The molecule has 0 atom stereocenters. The zero-order chi connectivity index (χ0) is 26.5. The number of nitrogens with zero attached hydrogens (tertiary/aromatic N) is 2. The van der Waals surface area contributed by atoms with Gasteiger partial charge in [-0.15, -0.1) is 0 Å². The third kappa shape index (κ3) is 7.44. The second-order valence-corrected chi connectivity index (χ2v) is 7.46. The fourth-order valence-corrected chi connectivity index (χ4v) is 2.92. The molecular formula is C20H10Cl3F3N2O7. The number of pyridine rings is 1. The van der Waals surface area contributed by atoms with E-state index in [-0.39, 0.29) is 32.4 Å². The minimum Gasteiger partial charge on any atom is -0.477 e. The summed E-state index contributed by atoms with van der Waals surface area (Å²) in [6, 6.07) is 8.08. The van der Waals surface area contributed by atoms with Crippen molar-refractivity contribution in [3.63, 3.8) is 0 Å². The Morgan fingerprint density at radius 2 is 1.60 bits per heavy atom. The predicted octanol–water partition coefficient (Wildman–Crippen LogP) is 6.84. The molecule has 1 aromatic heterocycles. The number of benzene rings is 2. The van der Waals surface area contributed by atoms with Crippen molar-refractivity contribution in [2.75, 3.05) is 0 Å². The van der Waals surface area contributed by atoms with Gasteiger partial charge in [0.25, 0.3) is 5.69 Å². The lowest BCUT2D eigenvalue weighted by molar-refractivity contribution is -0.385. The van der Waals surface area contributed by atoms with Crippen LogP contribution in [0.5, 0.6) is 11.5 Å². The number of hydrogen-bond donors (Lipinski definition) is 2. The summed E-state index contributed by atoms with van der Waals surface area (Å²) in [4.78, 5) is 34.8. The summed E-state index contributed by atoms with van der Waals surface area (Å²) < 4.78 is 42.9. The topological polar surface area (TPSA) is 140 Å². The molecule has 0 spiro atoms. The Labute approximate surface area is 208 Å². The normalized spacial score (nSPS) is 10.7. The molecule has 0 unspecified atom stereocenters. The molecule has 0 saturated carbocycles. The Morgan fingerprint density at radius 1 is 0.943 bits per heavy atom. The maximum Gasteiger partial charge on any atom is 0.416 e. The van der Waals surface area contributed by atoms with Crippen molar-refractivity contribution in [1.29, 1.82) is 0 Å². The quantitative estimate of drug-likeness (QED) is 0.199. The molecule has 2 aromatic carbocycles. The summed E-state index contributed by atoms with van der Waals surface area (Å²) in [6.45, 7) is 0. The summed E-state index contributed by atoms with van der Waals surface area (Å²) in [6.07, 6.45) is -4.58. The molecule has 0 aliphatic heterocycles. The van der Waals surface area contributed by atoms with Crippen LogP contribution in [0.25, 0.3) is 0 Å². The molecule has 3 aromatic rings. The van der Waals surface area contributed by atoms with E-state index in [1.807, 2.05) is 0 Å². The Hall–Kier alpha value is -3.61. The van der Waals surface area contributed by atoms with E-state index in [2.05, 4.69) is 4.98 Å². The third-order valence-electron chi connectivity index (χ3n) is 3.90. The number of hydrogen-bond acceptors (Lipinski definition) is 6. The number of nitro benzene ring substituents is 1. The molecule has 0 saturated heterocycles. The number of halogens is 6. The van der Waals surface area contributed by atoms with Gasteiger partial charge in [-0.25, -0.2) is 14.6 Å². The van der Waals surface area contributed by atoms with Gasteiger partial charge in [-0.1, -0.05) is 34.8 Å². The van der Waals surface area contributed by atoms with Gasteiger partial charge in [-0.2, -0.15) is 13.2 Å². The Morgan fingerprint density at radius 3 is 2.09 bits per heavy atom. The fraction of sp³-hybridized carbons (Fsp3) is 0.0500. The molecular weight excluding hydrogens is 544 g/mol. The van der Waals surface area contributed by atoms with Crippen LogP contribution in [-0.2, 0) is 6.18 Å². The molecule has 0 aliphatic rings. The van der Waals surface area contributed by atoms with Crippen LogP contribution in [0.3, 0.4) is 0 Å². The molecule has 0 aliphatic carbocycles. The number of aromatic nitrogens is 1. The van der Waals surface area contributed by atoms with Gasteiger partial charge in [0.05, 0.1) is 20.5 Å². The fourth-order valence-electron chi connectivity index (χ4n) is 2.36. The minimum absolute atomic E-state index is 0.0851. The Bertz CT molecular complexity index is 1300. The number of carboxylic acids is 2. The summed E-state index contributed by atoms with van der Waals surface area (Å²) in [5.41, 5.74) is -2.47. The lowest BCUT2D eigenvalue weighted by Crippen LogP contribution is -2.05. The van der Waals surface area contributed by atoms with Crippen molar-refractivity contribution in [1.82, 2.24) is 4.98 Å². The van der Waals surface area contributed by atoms with Crippen LogP contribution in [-0.4, -0.2) is 32.1 Å². The number of carboxylic acid groups (broad SMARTS) is 2. The number of alkyl halides is 3. The SMILES string of the molecule is O=C(O)c1cc(Oc2ccc(C(F)(F)F)cc2Cl)ccc1[N+](=O)[O-].O=C(O)c1nc(Cl)ccc1Cl. The van der Waals surface area contributed by atoms with E-state index in [0.29, 0.717) is 6.07 Å². The van der Waals surface area contributed by atoms with E-state index in [1.165, 1.54) is 12.1 Å². The summed E-state index contributed by atoms with van der Waals surface area (Å²) >= 11 is 16.6. The van der Waals surface area contributed by atoms with Crippen LogP contribution in [0.4, 0.5) is 18.9 Å². The Kier molecular flexibility index (Phi) is 8.85. The highest BCUT2D eigenvalue weighted by Gasteiger charge is 2.31. The molecule has 0 radical (unpaired) electrons. The van der Waals surface area contributed by atoms with Gasteiger partial charge < -0.3 is 14.9 Å². The second kappa shape index (κ2) is 11.2. The van der Waals surface area contributed by atoms with Crippen molar-refractivity contribution >= 4 is 52.4 Å². The maximum atomic E-state index is 12.6. The zero-order valence-electron chi connectivity index (χ0n) is 16.7. The van der Waals surface area contributed by atoms with Crippen LogP contribution in [0.15, 0.2) is 48.5 Å². The van der Waals surface area contributed by atoms with E-state index in [1.54, 1.807) is 0 Å². The molecule has 9 nitrogen and oxygen atoms in total. The smallest absolute Gasteiger partial charge is 0.416 e. The van der Waals surface area contributed by atoms with Crippen LogP contribution in [0, 0.1) is 10.1 Å². The van der Waals surface area contributed by atoms with E-state index < -0.39 is 39.9 Å². The lowest BCUT2D eigenvalue weighted by atomic mass is 10.1. The summed E-state index contributed by atoms with van der Waals surface area (Å²) in [7, 11) is 0. The highest BCUT2D eigenvalue weighted by Crippen LogP contribution is 2.37. The van der Waals surface area contributed by atoms with Crippen molar-refractivity contribution < 1.29 is 42.6 Å².